The molecule has 4 aliphatic heterocycles. The van der Waals surface area contributed by atoms with E-state index in [1.165, 1.54) is 6.07 Å². The van der Waals surface area contributed by atoms with E-state index in [2.05, 4.69) is 20.0 Å². The number of amides is 2. The van der Waals surface area contributed by atoms with Crippen molar-refractivity contribution in [2.75, 3.05) is 30.0 Å². The zero-order valence-corrected chi connectivity index (χ0v) is 24.9. The molecule has 0 radical (unpaired) electrons. The zero-order valence-electron chi connectivity index (χ0n) is 23.2. The number of hydrogen-bond acceptors (Lipinski definition) is 8. The van der Waals surface area contributed by atoms with Crippen molar-refractivity contribution in [3.05, 3.63) is 52.6 Å². The maximum atomic E-state index is 13.6. The molecule has 16 heteroatoms. The average Bonchev–Trinajstić information content (AvgIpc) is 3.61. The third kappa shape index (κ3) is 5.63. The second-order valence-corrected chi connectivity index (χ2v) is 14.3. The van der Waals surface area contributed by atoms with E-state index in [1.54, 1.807) is 36.1 Å². The topological polar surface area (TPSA) is 133 Å². The summed E-state index contributed by atoms with van der Waals surface area (Å²) in [6.45, 7) is 3.13. The van der Waals surface area contributed by atoms with Gasteiger partial charge in [0.1, 0.15) is 17.7 Å². The van der Waals surface area contributed by atoms with E-state index < -0.39 is 51.6 Å². The molecule has 2 saturated heterocycles. The van der Waals surface area contributed by atoms with E-state index in [0.717, 1.165) is 13.3 Å². The lowest BCUT2D eigenvalue weighted by Gasteiger charge is -2.27. The Morgan fingerprint density at radius 1 is 1.19 bits per heavy atom. The van der Waals surface area contributed by atoms with E-state index >= 15 is 0 Å². The van der Waals surface area contributed by atoms with E-state index in [4.69, 9.17) is 4.74 Å². The van der Waals surface area contributed by atoms with Crippen molar-refractivity contribution in [3.63, 3.8) is 0 Å². The number of ether oxygens (including phenoxy) is 1. The molecule has 2 fully saturated rings. The minimum atomic E-state index is -4.69. The average molecular weight is 639 g/mol. The maximum Gasteiger partial charge on any atom is 0.408 e. The van der Waals surface area contributed by atoms with E-state index in [0.29, 0.717) is 45.3 Å². The predicted octanol–water partition coefficient (Wildman–Crippen LogP) is 3.50. The minimum Gasteiger partial charge on any atom is -0.378 e. The summed E-state index contributed by atoms with van der Waals surface area (Å²) >= 11 is 0. The van der Waals surface area contributed by atoms with Crippen LogP contribution in [0.3, 0.4) is 0 Å². The predicted molar refractivity (Wildman–Crippen MR) is 155 cm³/mol. The van der Waals surface area contributed by atoms with Crippen LogP contribution in [0.15, 0.2) is 56.2 Å². The Labute approximate surface area is 248 Å². The molecule has 2 amide bonds. The smallest absolute Gasteiger partial charge is 0.378 e. The number of benzene rings is 1. The van der Waals surface area contributed by atoms with Crippen molar-refractivity contribution >= 4 is 49.5 Å². The summed E-state index contributed by atoms with van der Waals surface area (Å²) < 4.78 is 75.6. The molecule has 1 aromatic carbocycles. The third-order valence-electron chi connectivity index (χ3n) is 7.60. The number of thiol groups is 1. The number of aromatic nitrogens is 1. The lowest BCUT2D eigenvalue weighted by molar-refractivity contribution is -0.172. The Hall–Kier alpha value is -3.47. The molecule has 11 nitrogen and oxygen atoms in total. The molecule has 0 aliphatic carbocycles. The first kappa shape index (κ1) is 29.6. The molecule has 0 saturated carbocycles. The fraction of sp³-hybridized carbons (Fsp3) is 0.407. The summed E-state index contributed by atoms with van der Waals surface area (Å²) in [5.74, 6) is -0.0889. The fourth-order valence-corrected chi connectivity index (χ4v) is 8.85. The molecule has 2 aromatic rings. The van der Waals surface area contributed by atoms with Crippen LogP contribution in [0.25, 0.3) is 0 Å². The number of anilines is 2. The van der Waals surface area contributed by atoms with Gasteiger partial charge in [-0.1, -0.05) is 6.07 Å². The maximum absolute atomic E-state index is 13.6. The van der Waals surface area contributed by atoms with Gasteiger partial charge in [0.25, 0.3) is 5.91 Å². The van der Waals surface area contributed by atoms with Gasteiger partial charge in [-0.05, 0) is 60.4 Å². The highest BCUT2D eigenvalue weighted by Crippen LogP contribution is 2.47. The van der Waals surface area contributed by atoms with Crippen LogP contribution in [0.5, 0.6) is 0 Å². The second-order valence-electron chi connectivity index (χ2n) is 10.7. The molecule has 1 unspecified atom stereocenters. The van der Waals surface area contributed by atoms with Gasteiger partial charge in [0.05, 0.1) is 29.7 Å². The van der Waals surface area contributed by atoms with Crippen LogP contribution in [0, 0.1) is 0 Å². The number of aliphatic imine (C=N–C) groups is 1. The summed E-state index contributed by atoms with van der Waals surface area (Å²) in [5.41, 5.74) is 0.576. The van der Waals surface area contributed by atoms with Gasteiger partial charge in [0.2, 0.25) is 15.9 Å². The van der Waals surface area contributed by atoms with Crippen molar-refractivity contribution in [1.29, 1.82) is 0 Å². The molecule has 2 N–H and O–H groups in total. The van der Waals surface area contributed by atoms with Crippen molar-refractivity contribution in [2.45, 2.75) is 61.3 Å². The quantitative estimate of drug-likeness (QED) is 0.396. The number of sulfonamides is 1. The SMILES string of the molecule is CC1=C[SH](c2cc3c(c(S(=O)(=O)NC4COC4)c2)C(=O)N([C@@H](C)C(F)(F)F)C3)C(Nc2cccc(N3CCCC3=O)n2)=N1. The Kier molecular flexibility index (Phi) is 7.51. The number of rotatable bonds is 7. The Balaban J connectivity index is 1.37. The molecule has 0 bridgehead atoms. The van der Waals surface area contributed by atoms with Crippen LogP contribution < -0.4 is 14.9 Å². The van der Waals surface area contributed by atoms with Gasteiger partial charge in [0, 0.05) is 25.2 Å². The monoisotopic (exact) mass is 638 g/mol. The molecular weight excluding hydrogens is 609 g/mol. The molecule has 4 aliphatic rings. The first-order chi connectivity index (χ1) is 20.3. The number of pyridine rings is 1. The number of carbonyl (C=O) groups is 2. The summed E-state index contributed by atoms with van der Waals surface area (Å²) in [7, 11) is -5.76. The first-order valence-corrected chi connectivity index (χ1v) is 16.5. The standard InChI is InChI=1S/C27H29F3N6O5S2/c1-15-14-42(26(31-15)33-21-5-3-6-22(32-21)35-8-4-7-23(35)37)19-9-17-11-36(16(2)27(28,29)30)25(38)24(17)20(10-19)43(39,40)34-18-12-41-13-18/h3,5-6,9-10,14,16,18,34,42H,4,7-8,11-13H2,1-2H3,(H,31,32,33)/t16-/m0/s1. The molecule has 5 heterocycles. The number of nitrogens with zero attached hydrogens (tertiary/aromatic N) is 4. The number of halogens is 3. The van der Waals surface area contributed by atoms with E-state index in [1.807, 2.05) is 5.41 Å². The number of fused-ring (bicyclic) bond motifs is 1. The summed E-state index contributed by atoms with van der Waals surface area (Å²) in [4.78, 5) is 37.1. The van der Waals surface area contributed by atoms with Crippen LogP contribution in [-0.4, -0.2) is 73.3 Å². The van der Waals surface area contributed by atoms with Crippen molar-refractivity contribution in [2.24, 2.45) is 4.99 Å². The van der Waals surface area contributed by atoms with Gasteiger partial charge < -0.3 is 15.0 Å². The zero-order chi connectivity index (χ0) is 30.7. The van der Waals surface area contributed by atoms with Gasteiger partial charge in [-0.2, -0.15) is 13.2 Å². The molecular formula is C27H29F3N6O5S2. The number of amidine groups is 1. The Morgan fingerprint density at radius 2 is 1.95 bits per heavy atom. The first-order valence-electron chi connectivity index (χ1n) is 13.6. The molecule has 6 rings (SSSR count). The normalized spacial score (nSPS) is 22.4. The second kappa shape index (κ2) is 10.9. The number of alkyl halides is 3. The van der Waals surface area contributed by atoms with Gasteiger partial charge in [0.15, 0.2) is 5.17 Å². The highest BCUT2D eigenvalue weighted by molar-refractivity contribution is 8.32. The summed E-state index contributed by atoms with van der Waals surface area (Å²) in [6, 6.07) is 5.53. The highest BCUT2D eigenvalue weighted by Gasteiger charge is 2.47. The van der Waals surface area contributed by atoms with Gasteiger partial charge in [-0.3, -0.25) is 14.5 Å². The van der Waals surface area contributed by atoms with Gasteiger partial charge >= 0.3 is 6.18 Å². The highest BCUT2D eigenvalue weighted by atomic mass is 32.2. The molecule has 0 spiro atoms. The van der Waals surface area contributed by atoms with Crippen LogP contribution in [0.2, 0.25) is 0 Å². The van der Waals surface area contributed by atoms with Crippen molar-refractivity contribution in [1.82, 2.24) is 14.6 Å². The third-order valence-corrected chi connectivity index (χ3v) is 11.3. The number of hydrogen-bond donors (Lipinski definition) is 3. The van der Waals surface area contributed by atoms with E-state index in [-0.39, 0.29) is 35.1 Å². The molecule has 43 heavy (non-hydrogen) atoms. The van der Waals surface area contributed by atoms with Crippen molar-refractivity contribution in [3.8, 4) is 0 Å². The Morgan fingerprint density at radius 3 is 2.60 bits per heavy atom. The number of carbonyl (C=O) groups excluding carboxylic acids is 2. The van der Waals surface area contributed by atoms with Crippen molar-refractivity contribution < 1.29 is 35.9 Å². The number of allylic oxidation sites excluding steroid dienone is 1. The Bertz CT molecular complexity index is 1680. The largest absolute Gasteiger partial charge is 0.408 e. The fourth-order valence-electron chi connectivity index (χ4n) is 5.28. The lowest BCUT2D eigenvalue weighted by Crippen LogP contribution is -2.48. The number of nitrogens with one attached hydrogen (secondary N) is 2. The van der Waals surface area contributed by atoms with Gasteiger partial charge in [-0.25, -0.2) is 23.1 Å². The molecule has 1 aromatic heterocycles. The molecule has 2 atom stereocenters. The molecule has 230 valence electrons. The minimum absolute atomic E-state index is 0.0139. The lowest BCUT2D eigenvalue weighted by atomic mass is 10.1. The van der Waals surface area contributed by atoms with Crippen LogP contribution >= 0.6 is 10.9 Å². The summed E-state index contributed by atoms with van der Waals surface area (Å²) in [5, 5.41) is 5.52. The van der Waals surface area contributed by atoms with Gasteiger partial charge in [-0.15, -0.1) is 10.9 Å². The van der Waals surface area contributed by atoms with E-state index in [9.17, 15) is 31.2 Å². The van der Waals surface area contributed by atoms with Crippen LogP contribution in [0.1, 0.15) is 42.6 Å². The van der Waals surface area contributed by atoms with Crippen LogP contribution in [-0.2, 0) is 26.1 Å². The van der Waals surface area contributed by atoms with Crippen LogP contribution in [0.4, 0.5) is 24.8 Å². The summed E-state index contributed by atoms with van der Waals surface area (Å²) in [6.07, 6.45) is -3.50.